The molecule has 0 unspecified atom stereocenters. The monoisotopic (exact) mass is 560 g/mol. The molecular formula is C24H23BrCl2N6O. The number of anilines is 3. The first-order chi connectivity index (χ1) is 16.4. The Hall–Kier alpha value is -2.39. The van der Waals surface area contributed by atoms with Gasteiger partial charge < -0.3 is 15.1 Å². The lowest BCUT2D eigenvalue weighted by Gasteiger charge is -2.34. The summed E-state index contributed by atoms with van der Waals surface area (Å²) in [5, 5.41) is 4.62. The molecule has 5 rings (SSSR count). The van der Waals surface area contributed by atoms with Crippen molar-refractivity contribution < 1.29 is 0 Å². The molecule has 0 amide bonds. The zero-order valence-corrected chi connectivity index (χ0v) is 21.7. The van der Waals surface area contributed by atoms with Crippen LogP contribution in [0.4, 0.5) is 17.3 Å². The van der Waals surface area contributed by atoms with Gasteiger partial charge in [0.1, 0.15) is 0 Å². The van der Waals surface area contributed by atoms with E-state index in [0.717, 1.165) is 38.3 Å². The van der Waals surface area contributed by atoms with Gasteiger partial charge in [0.15, 0.2) is 0 Å². The smallest absolute Gasteiger partial charge is 0.266 e. The Bertz CT molecular complexity index is 1360. The van der Waals surface area contributed by atoms with Crippen LogP contribution in [0.15, 0.2) is 62.1 Å². The number of likely N-dealkylation sites (N-methyl/N-ethyl adjacent to an activating group) is 1. The molecule has 0 bridgehead atoms. The fourth-order valence-electron chi connectivity index (χ4n) is 4.17. The Kier molecular flexibility index (Phi) is 6.66. The Labute approximate surface area is 215 Å². The second kappa shape index (κ2) is 9.70. The third-order valence-electron chi connectivity index (χ3n) is 6.11. The predicted octanol–water partition coefficient (Wildman–Crippen LogP) is 5.37. The lowest BCUT2D eigenvalue weighted by Crippen LogP contribution is -2.44. The van der Waals surface area contributed by atoms with E-state index >= 15 is 0 Å². The van der Waals surface area contributed by atoms with Gasteiger partial charge in [-0.15, -0.1) is 0 Å². The van der Waals surface area contributed by atoms with Crippen molar-refractivity contribution in [3.8, 4) is 0 Å². The number of benzene rings is 1. The zero-order chi connectivity index (χ0) is 23.8. The molecule has 34 heavy (non-hydrogen) atoms. The van der Waals surface area contributed by atoms with E-state index in [1.165, 1.54) is 16.5 Å². The number of nitrogens with one attached hydrogen (secondary N) is 1. The summed E-state index contributed by atoms with van der Waals surface area (Å²) < 4.78 is 2.10. The van der Waals surface area contributed by atoms with Gasteiger partial charge >= 0.3 is 0 Å². The summed E-state index contributed by atoms with van der Waals surface area (Å²) >= 11 is 16.3. The second-order valence-corrected chi connectivity index (χ2v) is 10.1. The molecule has 0 radical (unpaired) electrons. The summed E-state index contributed by atoms with van der Waals surface area (Å²) in [6, 6.07) is 8.23. The van der Waals surface area contributed by atoms with Crippen LogP contribution in [0.1, 0.15) is 12.8 Å². The average Bonchev–Trinajstić information content (AvgIpc) is 2.83. The van der Waals surface area contributed by atoms with Crippen LogP contribution in [0.2, 0.25) is 0 Å². The topological polar surface area (TPSA) is 66.3 Å². The highest BCUT2D eigenvalue weighted by Crippen LogP contribution is 2.34. The van der Waals surface area contributed by atoms with Crippen molar-refractivity contribution in [2.24, 2.45) is 0 Å². The van der Waals surface area contributed by atoms with E-state index in [1.54, 1.807) is 6.20 Å². The van der Waals surface area contributed by atoms with Crippen LogP contribution in [0.25, 0.3) is 16.6 Å². The second-order valence-electron chi connectivity index (χ2n) is 8.41. The first kappa shape index (κ1) is 23.4. The quantitative estimate of drug-likeness (QED) is 0.462. The van der Waals surface area contributed by atoms with Crippen molar-refractivity contribution in [1.82, 2.24) is 19.4 Å². The molecule has 1 saturated heterocycles. The molecule has 10 heteroatoms. The molecule has 7 nitrogen and oxygen atoms in total. The predicted molar refractivity (Wildman–Crippen MR) is 143 cm³/mol. The van der Waals surface area contributed by atoms with E-state index in [-0.39, 0.29) is 5.56 Å². The van der Waals surface area contributed by atoms with Gasteiger partial charge in [-0.05, 0) is 60.1 Å². The third-order valence-corrected chi connectivity index (χ3v) is 7.39. The van der Waals surface area contributed by atoms with Gasteiger partial charge in [0.2, 0.25) is 5.95 Å². The lowest BCUT2D eigenvalue weighted by atomic mass is 10.1. The van der Waals surface area contributed by atoms with Crippen molar-refractivity contribution in [2.45, 2.75) is 12.8 Å². The number of hydrogen-bond acceptors (Lipinski definition) is 6. The standard InChI is InChI=1S/C24H23BrCl2N6O/c1-31-9-11-32(12-10-31)16-7-5-15(6-8-16)29-24-28-13-17-21(30-24)18(25)14-33(23(17)34)22-19(26)3-2-4-20(22)27/h3,5-8,13-14H,2,4,9-12H2,1H3,(H,28,29,30). The molecule has 2 aromatic heterocycles. The van der Waals surface area contributed by atoms with Gasteiger partial charge in [-0.2, -0.15) is 0 Å². The molecule has 2 aliphatic rings. The van der Waals surface area contributed by atoms with Crippen molar-refractivity contribution in [3.63, 3.8) is 0 Å². The Morgan fingerprint density at radius 2 is 1.82 bits per heavy atom. The Morgan fingerprint density at radius 1 is 1.09 bits per heavy atom. The van der Waals surface area contributed by atoms with Crippen LogP contribution in [-0.4, -0.2) is 52.7 Å². The maximum absolute atomic E-state index is 13.2. The number of piperazine rings is 1. The SMILES string of the molecule is CN1CCN(c2ccc(Nc3ncc4c(=O)n(C5=C(Cl)CCC=C5Cl)cc(Br)c4n3)cc2)CC1. The first-order valence-electron chi connectivity index (χ1n) is 11.0. The summed E-state index contributed by atoms with van der Waals surface area (Å²) in [5.74, 6) is 0.408. The number of halogens is 3. The van der Waals surface area contributed by atoms with Crippen molar-refractivity contribution >= 4 is 73.1 Å². The number of hydrogen-bond donors (Lipinski definition) is 1. The van der Waals surface area contributed by atoms with E-state index in [0.29, 0.717) is 43.5 Å². The summed E-state index contributed by atoms with van der Waals surface area (Å²) in [6.07, 6.45) is 6.44. The van der Waals surface area contributed by atoms with Gasteiger partial charge in [-0.3, -0.25) is 9.36 Å². The number of rotatable bonds is 4. The van der Waals surface area contributed by atoms with Crippen LogP contribution >= 0.6 is 39.1 Å². The minimum Gasteiger partial charge on any atom is -0.369 e. The van der Waals surface area contributed by atoms with Crippen molar-refractivity contribution in [1.29, 1.82) is 0 Å². The molecule has 3 heterocycles. The summed E-state index contributed by atoms with van der Waals surface area (Å²) in [7, 11) is 2.15. The van der Waals surface area contributed by atoms with E-state index in [1.807, 2.05) is 18.2 Å². The minimum atomic E-state index is -0.275. The van der Waals surface area contributed by atoms with Gasteiger partial charge in [-0.1, -0.05) is 29.3 Å². The number of pyridine rings is 1. The molecule has 3 aromatic rings. The molecule has 1 aliphatic heterocycles. The number of nitrogens with zero attached hydrogens (tertiary/aromatic N) is 5. The Balaban J connectivity index is 1.41. The van der Waals surface area contributed by atoms with Crippen LogP contribution in [0, 0.1) is 0 Å². The molecule has 0 atom stereocenters. The van der Waals surface area contributed by atoms with Gasteiger partial charge in [0, 0.05) is 55.0 Å². The Morgan fingerprint density at radius 3 is 2.53 bits per heavy atom. The molecule has 176 valence electrons. The normalized spacial score (nSPS) is 17.3. The average molecular weight is 562 g/mol. The van der Waals surface area contributed by atoms with Crippen molar-refractivity contribution in [2.75, 3.05) is 43.4 Å². The van der Waals surface area contributed by atoms with Crippen LogP contribution in [-0.2, 0) is 0 Å². The molecule has 1 aliphatic carbocycles. The van der Waals surface area contributed by atoms with Crippen LogP contribution in [0.3, 0.4) is 0 Å². The summed E-state index contributed by atoms with van der Waals surface area (Å²) in [4.78, 5) is 26.9. The van der Waals surface area contributed by atoms with Crippen LogP contribution in [0.5, 0.6) is 0 Å². The van der Waals surface area contributed by atoms with E-state index < -0.39 is 0 Å². The highest BCUT2D eigenvalue weighted by atomic mass is 79.9. The fraction of sp³-hybridized carbons (Fsp3) is 0.292. The van der Waals surface area contributed by atoms with E-state index in [2.05, 4.69) is 60.2 Å². The molecule has 1 aromatic carbocycles. The summed E-state index contributed by atoms with van der Waals surface area (Å²) in [5.41, 5.74) is 2.82. The highest BCUT2D eigenvalue weighted by molar-refractivity contribution is 9.10. The maximum atomic E-state index is 13.2. The molecule has 0 saturated carbocycles. The lowest BCUT2D eigenvalue weighted by molar-refractivity contribution is 0.313. The van der Waals surface area contributed by atoms with Gasteiger partial charge in [0.25, 0.3) is 5.56 Å². The third kappa shape index (κ3) is 4.60. The largest absolute Gasteiger partial charge is 0.369 e. The fourth-order valence-corrected chi connectivity index (χ4v) is 5.35. The number of allylic oxidation sites excluding steroid dienone is 4. The van der Waals surface area contributed by atoms with E-state index in [9.17, 15) is 4.79 Å². The molecule has 1 fully saturated rings. The number of aromatic nitrogens is 3. The van der Waals surface area contributed by atoms with Gasteiger partial charge in [-0.25, -0.2) is 9.97 Å². The van der Waals surface area contributed by atoms with Gasteiger partial charge in [0.05, 0.1) is 26.1 Å². The molecule has 1 N–H and O–H groups in total. The van der Waals surface area contributed by atoms with E-state index in [4.69, 9.17) is 23.2 Å². The zero-order valence-electron chi connectivity index (χ0n) is 18.6. The van der Waals surface area contributed by atoms with Crippen molar-refractivity contribution in [3.05, 3.63) is 67.6 Å². The summed E-state index contributed by atoms with van der Waals surface area (Å²) in [6.45, 7) is 4.17. The maximum Gasteiger partial charge on any atom is 0.266 e. The highest BCUT2D eigenvalue weighted by Gasteiger charge is 2.20. The number of fused-ring (bicyclic) bond motifs is 1. The van der Waals surface area contributed by atoms with Crippen LogP contribution < -0.4 is 15.8 Å². The minimum absolute atomic E-state index is 0.275. The molecule has 0 spiro atoms. The molecular weight excluding hydrogens is 539 g/mol. The first-order valence-corrected chi connectivity index (χ1v) is 12.6.